The maximum Gasteiger partial charge on any atom is 0.322 e. The van der Waals surface area contributed by atoms with Crippen LogP contribution in [-0.2, 0) is 19.1 Å². The second-order valence-corrected chi connectivity index (χ2v) is 9.62. The van der Waals surface area contributed by atoms with E-state index in [1.807, 2.05) is 12.2 Å². The number of rotatable bonds is 25. The van der Waals surface area contributed by atoms with E-state index in [4.69, 9.17) is 9.84 Å². The van der Waals surface area contributed by atoms with Crippen molar-refractivity contribution in [1.29, 1.82) is 0 Å². The van der Waals surface area contributed by atoms with Crippen LogP contribution in [0.1, 0.15) is 117 Å². The molecular weight excluding hydrogens is 490 g/mol. The molecule has 0 saturated heterocycles. The fourth-order valence-electron chi connectivity index (χ4n) is 3.73. The van der Waals surface area contributed by atoms with Gasteiger partial charge in [-0.15, -0.1) is 0 Å². The second-order valence-electron chi connectivity index (χ2n) is 9.62. The molecule has 0 fully saturated rings. The molecule has 1 unspecified atom stereocenters. The Morgan fingerprint density at radius 2 is 1.36 bits per heavy atom. The van der Waals surface area contributed by atoms with Crippen LogP contribution in [-0.4, -0.2) is 35.6 Å². The molecular formula is C33H53NO5. The van der Waals surface area contributed by atoms with Gasteiger partial charge in [-0.1, -0.05) is 94.2 Å². The molecule has 39 heavy (non-hydrogen) atoms. The minimum absolute atomic E-state index is 0.171. The molecule has 0 aliphatic carbocycles. The number of hydrogen-bond acceptors (Lipinski definition) is 4. The van der Waals surface area contributed by atoms with E-state index in [2.05, 4.69) is 67.8 Å². The van der Waals surface area contributed by atoms with E-state index in [-0.39, 0.29) is 24.5 Å². The first-order chi connectivity index (χ1) is 19.0. The van der Waals surface area contributed by atoms with Crippen molar-refractivity contribution in [3.05, 3.63) is 60.8 Å². The average molecular weight is 544 g/mol. The Kier molecular flexibility index (Phi) is 26.0. The highest BCUT2D eigenvalue weighted by Gasteiger charge is 2.11. The SMILES string of the molecule is CC/C=C\C/C=C\C/C=C\C/C=C\CCC(=O)OC(/C=C\CCCCC)CCCCCCC(=O)NCC(=O)O. The Morgan fingerprint density at radius 3 is 2.00 bits per heavy atom. The highest BCUT2D eigenvalue weighted by atomic mass is 16.5. The lowest BCUT2D eigenvalue weighted by Crippen LogP contribution is -2.28. The monoisotopic (exact) mass is 543 g/mol. The molecule has 0 aliphatic heterocycles. The minimum atomic E-state index is -1.04. The molecule has 0 spiro atoms. The number of hydrogen-bond donors (Lipinski definition) is 2. The Balaban J connectivity index is 4.25. The summed E-state index contributed by atoms with van der Waals surface area (Å²) in [4.78, 5) is 34.5. The number of carbonyl (C=O) groups excluding carboxylic acids is 2. The molecule has 0 aliphatic rings. The number of carboxylic acid groups (broad SMARTS) is 1. The molecule has 1 amide bonds. The summed E-state index contributed by atoms with van der Waals surface area (Å²) in [5, 5.41) is 11.0. The number of esters is 1. The van der Waals surface area contributed by atoms with Crippen molar-refractivity contribution >= 4 is 17.8 Å². The van der Waals surface area contributed by atoms with Crippen LogP contribution in [0.4, 0.5) is 0 Å². The molecule has 0 saturated carbocycles. The van der Waals surface area contributed by atoms with Gasteiger partial charge in [-0.2, -0.15) is 0 Å². The van der Waals surface area contributed by atoms with Crippen molar-refractivity contribution in [1.82, 2.24) is 5.32 Å². The van der Waals surface area contributed by atoms with Crippen LogP contribution in [0.3, 0.4) is 0 Å². The number of ether oxygens (including phenoxy) is 1. The van der Waals surface area contributed by atoms with Crippen molar-refractivity contribution in [2.45, 2.75) is 123 Å². The first-order valence-electron chi connectivity index (χ1n) is 14.9. The Morgan fingerprint density at radius 1 is 0.718 bits per heavy atom. The van der Waals surface area contributed by atoms with Gasteiger partial charge in [0.15, 0.2) is 0 Å². The molecule has 0 rings (SSSR count). The van der Waals surface area contributed by atoms with Crippen LogP contribution in [0.5, 0.6) is 0 Å². The average Bonchev–Trinajstić information content (AvgIpc) is 2.91. The van der Waals surface area contributed by atoms with E-state index in [0.717, 1.165) is 70.6 Å². The first-order valence-corrected chi connectivity index (χ1v) is 14.9. The number of carbonyl (C=O) groups is 3. The van der Waals surface area contributed by atoms with Crippen LogP contribution >= 0.6 is 0 Å². The zero-order valence-electron chi connectivity index (χ0n) is 24.5. The Labute approximate surface area is 237 Å². The van der Waals surface area contributed by atoms with E-state index in [0.29, 0.717) is 19.3 Å². The third kappa shape index (κ3) is 27.9. The van der Waals surface area contributed by atoms with Crippen LogP contribution < -0.4 is 5.32 Å². The molecule has 6 heteroatoms. The van der Waals surface area contributed by atoms with Gasteiger partial charge in [-0.25, -0.2) is 0 Å². The van der Waals surface area contributed by atoms with Crippen LogP contribution in [0.15, 0.2) is 60.8 Å². The van der Waals surface area contributed by atoms with Gasteiger partial charge in [0.25, 0.3) is 0 Å². The van der Waals surface area contributed by atoms with Crippen molar-refractivity contribution in [2.24, 2.45) is 0 Å². The van der Waals surface area contributed by atoms with E-state index < -0.39 is 5.97 Å². The largest absolute Gasteiger partial charge is 0.480 e. The van der Waals surface area contributed by atoms with E-state index >= 15 is 0 Å². The summed E-state index contributed by atoms with van der Waals surface area (Å²) in [5.41, 5.74) is 0. The van der Waals surface area contributed by atoms with Gasteiger partial charge >= 0.3 is 11.9 Å². The van der Waals surface area contributed by atoms with Crippen molar-refractivity contribution in [2.75, 3.05) is 6.54 Å². The van der Waals surface area contributed by atoms with Gasteiger partial charge < -0.3 is 15.2 Å². The van der Waals surface area contributed by atoms with Crippen molar-refractivity contribution in [3.8, 4) is 0 Å². The number of aliphatic carboxylic acids is 1. The fourth-order valence-corrected chi connectivity index (χ4v) is 3.73. The number of allylic oxidation sites excluding steroid dienone is 9. The van der Waals surface area contributed by atoms with Gasteiger partial charge in [0, 0.05) is 12.8 Å². The van der Waals surface area contributed by atoms with E-state index in [1.165, 1.54) is 12.8 Å². The summed E-state index contributed by atoms with van der Waals surface area (Å²) in [6, 6.07) is 0. The minimum Gasteiger partial charge on any atom is -0.480 e. The van der Waals surface area contributed by atoms with Crippen LogP contribution in [0.2, 0.25) is 0 Å². The predicted molar refractivity (Wildman–Crippen MR) is 161 cm³/mol. The second kappa shape index (κ2) is 28.1. The van der Waals surface area contributed by atoms with Gasteiger partial charge in [0.05, 0.1) is 0 Å². The lowest BCUT2D eigenvalue weighted by Gasteiger charge is -2.14. The maximum absolute atomic E-state index is 12.4. The standard InChI is InChI=1S/C33H53NO5/c1-3-5-7-9-10-11-12-13-14-15-16-18-24-28-33(38)39-30(25-21-17-8-6-4-2)26-22-19-20-23-27-31(35)34-29-32(36)37/h5,7,10-11,13-14,16,18,21,25,30H,3-4,6,8-9,12,15,17,19-20,22-24,26-29H2,1-2H3,(H,34,35)(H,36,37)/b7-5-,11-10-,14-13-,18-16-,25-21-. The molecule has 0 aromatic heterocycles. The summed E-state index contributed by atoms with van der Waals surface area (Å²) >= 11 is 0. The third-order valence-corrected chi connectivity index (χ3v) is 5.92. The van der Waals surface area contributed by atoms with Gasteiger partial charge in [0.1, 0.15) is 12.6 Å². The lowest BCUT2D eigenvalue weighted by molar-refractivity contribution is -0.147. The normalized spacial score (nSPS) is 12.9. The third-order valence-electron chi connectivity index (χ3n) is 5.92. The molecule has 0 heterocycles. The smallest absolute Gasteiger partial charge is 0.322 e. The first kappa shape index (κ1) is 36.1. The van der Waals surface area contributed by atoms with Gasteiger partial charge in [-0.05, 0) is 70.3 Å². The molecule has 0 radical (unpaired) electrons. The Bertz CT molecular complexity index is 779. The number of carboxylic acids is 1. The molecule has 0 aromatic carbocycles. The summed E-state index contributed by atoms with van der Waals surface area (Å²) in [5.74, 6) is -1.44. The zero-order valence-corrected chi connectivity index (χ0v) is 24.5. The highest BCUT2D eigenvalue weighted by molar-refractivity contribution is 5.80. The molecule has 1 atom stereocenters. The molecule has 2 N–H and O–H groups in total. The summed E-state index contributed by atoms with van der Waals surface area (Å²) in [6.07, 6.45) is 35.1. The molecule has 0 aromatic rings. The maximum atomic E-state index is 12.4. The Hall–Kier alpha value is -2.89. The number of unbranched alkanes of at least 4 members (excludes halogenated alkanes) is 6. The van der Waals surface area contributed by atoms with Gasteiger partial charge in [-0.3, -0.25) is 14.4 Å². The highest BCUT2D eigenvalue weighted by Crippen LogP contribution is 2.13. The molecule has 6 nitrogen and oxygen atoms in total. The van der Waals surface area contributed by atoms with E-state index in [1.54, 1.807) is 0 Å². The predicted octanol–water partition coefficient (Wildman–Crippen LogP) is 8.16. The number of nitrogens with one attached hydrogen (secondary N) is 1. The molecule has 220 valence electrons. The van der Waals surface area contributed by atoms with Crippen LogP contribution in [0, 0.1) is 0 Å². The lowest BCUT2D eigenvalue weighted by atomic mass is 10.1. The quantitative estimate of drug-likeness (QED) is 0.0688. The van der Waals surface area contributed by atoms with Gasteiger partial charge in [0.2, 0.25) is 5.91 Å². The van der Waals surface area contributed by atoms with E-state index in [9.17, 15) is 14.4 Å². The molecule has 0 bridgehead atoms. The summed E-state index contributed by atoms with van der Waals surface area (Å²) in [7, 11) is 0. The topological polar surface area (TPSA) is 92.7 Å². The zero-order chi connectivity index (χ0) is 28.8. The summed E-state index contributed by atoms with van der Waals surface area (Å²) < 4.78 is 5.76. The number of amides is 1. The van der Waals surface area contributed by atoms with Crippen LogP contribution in [0.25, 0.3) is 0 Å². The van der Waals surface area contributed by atoms with Crippen molar-refractivity contribution < 1.29 is 24.2 Å². The summed E-state index contributed by atoms with van der Waals surface area (Å²) in [6.45, 7) is 3.98. The van der Waals surface area contributed by atoms with Crippen molar-refractivity contribution in [3.63, 3.8) is 0 Å². The fraction of sp³-hybridized carbons (Fsp3) is 0.606.